The number of hydrogen-bond donors (Lipinski definition) is 0. The molecule has 0 fully saturated rings. The van der Waals surface area contributed by atoms with Crippen molar-refractivity contribution in [3.8, 4) is 33.9 Å². The van der Waals surface area contributed by atoms with Gasteiger partial charge in [-0.3, -0.25) is 0 Å². The Morgan fingerprint density at radius 3 is 1.14 bits per heavy atom. The van der Waals surface area contributed by atoms with Gasteiger partial charge in [0.25, 0.3) is 0 Å². The molecular weight excluding hydrogens is 466 g/mol. The van der Waals surface area contributed by atoms with Crippen LogP contribution in [0.2, 0.25) is 0 Å². The summed E-state index contributed by atoms with van der Waals surface area (Å²) in [5, 5.41) is 9.23. The topological polar surface area (TPSA) is 35.6 Å². The molecule has 0 aliphatic heterocycles. The summed E-state index contributed by atoms with van der Waals surface area (Å²) >= 11 is 0. The molecule has 4 nitrogen and oxygen atoms in total. The zero-order chi connectivity index (χ0) is 25.2. The molecule has 2 aromatic heterocycles. The highest BCUT2D eigenvalue weighted by Gasteiger charge is 2.43. The number of alkyl halides is 2. The van der Waals surface area contributed by atoms with Crippen molar-refractivity contribution in [1.82, 2.24) is 19.6 Å². The molecule has 0 spiro atoms. The summed E-state index contributed by atoms with van der Waals surface area (Å²) in [5.74, 6) is -3.42. The monoisotopic (exact) mass is 488 g/mol. The van der Waals surface area contributed by atoms with Crippen LogP contribution in [0.4, 0.5) is 8.78 Å². The number of nitrogens with zero attached hydrogens (tertiary/aromatic N) is 4. The van der Waals surface area contributed by atoms with E-state index in [-0.39, 0.29) is 11.4 Å². The van der Waals surface area contributed by atoms with Crippen molar-refractivity contribution in [3.05, 3.63) is 145 Å². The van der Waals surface area contributed by atoms with Crippen molar-refractivity contribution < 1.29 is 8.78 Å². The number of rotatable bonds is 6. The van der Waals surface area contributed by atoms with E-state index in [0.29, 0.717) is 22.8 Å². The van der Waals surface area contributed by atoms with Gasteiger partial charge in [-0.15, -0.1) is 0 Å². The van der Waals surface area contributed by atoms with Gasteiger partial charge in [0, 0.05) is 11.1 Å². The standard InChI is InChI=1S/C31H22F2N4/c32-31(33,29-21-27(23-13-5-1-6-14-23)34-36(29)25-17-9-3-10-18-25)30-22-28(24-15-7-2-8-16-24)35-37(30)26-19-11-4-12-20-26/h1-22H. The quantitative estimate of drug-likeness (QED) is 0.243. The van der Waals surface area contributed by atoms with Crippen LogP contribution in [0.3, 0.4) is 0 Å². The average Bonchev–Trinajstić information content (AvgIpc) is 3.62. The first-order valence-electron chi connectivity index (χ1n) is 11.9. The zero-order valence-corrected chi connectivity index (χ0v) is 19.7. The smallest absolute Gasteiger partial charge is 0.231 e. The van der Waals surface area contributed by atoms with Crippen molar-refractivity contribution in [2.45, 2.75) is 5.92 Å². The van der Waals surface area contributed by atoms with Crippen LogP contribution in [0.5, 0.6) is 0 Å². The highest BCUT2D eigenvalue weighted by atomic mass is 19.3. The Morgan fingerprint density at radius 1 is 0.459 bits per heavy atom. The van der Waals surface area contributed by atoms with Crippen molar-refractivity contribution in [2.75, 3.05) is 0 Å². The highest BCUT2D eigenvalue weighted by Crippen LogP contribution is 2.41. The second-order valence-electron chi connectivity index (χ2n) is 8.63. The fourth-order valence-corrected chi connectivity index (χ4v) is 4.37. The van der Waals surface area contributed by atoms with Gasteiger partial charge in [0.2, 0.25) is 0 Å². The van der Waals surface area contributed by atoms with Crippen LogP contribution in [0.25, 0.3) is 33.9 Å². The molecule has 180 valence electrons. The largest absolute Gasteiger partial charge is 0.331 e. The Balaban J connectivity index is 1.57. The van der Waals surface area contributed by atoms with Gasteiger partial charge < -0.3 is 0 Å². The molecule has 0 aliphatic carbocycles. The molecule has 0 saturated carbocycles. The van der Waals surface area contributed by atoms with Crippen LogP contribution < -0.4 is 0 Å². The molecule has 0 amide bonds. The molecule has 6 aromatic rings. The minimum Gasteiger partial charge on any atom is -0.231 e. The predicted octanol–water partition coefficient (Wildman–Crippen LogP) is 7.53. The summed E-state index contributed by atoms with van der Waals surface area (Å²) in [6.45, 7) is 0. The van der Waals surface area contributed by atoms with Gasteiger partial charge in [-0.05, 0) is 36.4 Å². The SMILES string of the molecule is FC(F)(c1cc(-c2ccccc2)nn1-c1ccccc1)c1cc(-c2ccccc2)nn1-c1ccccc1. The predicted molar refractivity (Wildman–Crippen MR) is 141 cm³/mol. The Labute approximate surface area is 213 Å². The first-order valence-corrected chi connectivity index (χ1v) is 11.9. The van der Waals surface area contributed by atoms with Crippen LogP contribution in [0.15, 0.2) is 133 Å². The molecule has 4 aromatic carbocycles. The van der Waals surface area contributed by atoms with Gasteiger partial charge in [-0.2, -0.15) is 19.0 Å². The second kappa shape index (κ2) is 9.32. The first-order chi connectivity index (χ1) is 18.1. The van der Waals surface area contributed by atoms with E-state index in [2.05, 4.69) is 10.2 Å². The molecule has 2 heterocycles. The summed E-state index contributed by atoms with van der Waals surface area (Å²) in [7, 11) is 0. The van der Waals surface area contributed by atoms with Gasteiger partial charge in [-0.1, -0.05) is 97.1 Å². The average molecular weight is 489 g/mol. The molecule has 0 bridgehead atoms. The minimum atomic E-state index is -3.42. The molecule has 6 rings (SSSR count). The highest BCUT2D eigenvalue weighted by molar-refractivity contribution is 5.63. The number of para-hydroxylation sites is 2. The molecule has 0 N–H and O–H groups in total. The van der Waals surface area contributed by atoms with E-state index in [1.807, 2.05) is 97.1 Å². The van der Waals surface area contributed by atoms with Crippen LogP contribution in [0, 0.1) is 0 Å². The van der Waals surface area contributed by atoms with Gasteiger partial charge in [0.15, 0.2) is 0 Å². The lowest BCUT2D eigenvalue weighted by Gasteiger charge is -2.19. The van der Waals surface area contributed by atoms with E-state index >= 15 is 8.78 Å². The number of benzene rings is 4. The fourth-order valence-electron chi connectivity index (χ4n) is 4.37. The maximum atomic E-state index is 16.7. The van der Waals surface area contributed by atoms with Crippen molar-refractivity contribution in [1.29, 1.82) is 0 Å². The van der Waals surface area contributed by atoms with Crippen molar-refractivity contribution >= 4 is 0 Å². The molecule has 0 atom stereocenters. The summed E-state index contributed by atoms with van der Waals surface area (Å²) in [5.41, 5.74) is 3.07. The zero-order valence-electron chi connectivity index (χ0n) is 19.7. The molecule has 6 heteroatoms. The minimum absolute atomic E-state index is 0.241. The lowest BCUT2D eigenvalue weighted by molar-refractivity contribution is 0.0280. The molecule has 0 radical (unpaired) electrons. The van der Waals surface area contributed by atoms with Crippen LogP contribution >= 0.6 is 0 Å². The van der Waals surface area contributed by atoms with E-state index in [0.717, 1.165) is 11.1 Å². The molecule has 0 aliphatic rings. The summed E-state index contributed by atoms with van der Waals surface area (Å²) in [6.07, 6.45) is 0. The van der Waals surface area contributed by atoms with E-state index in [1.165, 1.54) is 21.5 Å². The van der Waals surface area contributed by atoms with Crippen LogP contribution in [0.1, 0.15) is 11.4 Å². The lowest BCUT2D eigenvalue weighted by atomic mass is 10.1. The summed E-state index contributed by atoms with van der Waals surface area (Å²) < 4.78 is 36.1. The van der Waals surface area contributed by atoms with E-state index < -0.39 is 5.92 Å². The second-order valence-corrected chi connectivity index (χ2v) is 8.63. The van der Waals surface area contributed by atoms with E-state index in [9.17, 15) is 0 Å². The molecular formula is C31H22F2N4. The summed E-state index contributed by atoms with van der Waals surface area (Å²) in [6, 6.07) is 39.6. The van der Waals surface area contributed by atoms with Gasteiger partial charge in [0.05, 0.1) is 22.8 Å². The maximum Gasteiger partial charge on any atom is 0.331 e. The third-order valence-corrected chi connectivity index (χ3v) is 6.20. The molecule has 0 unspecified atom stereocenters. The van der Waals surface area contributed by atoms with Crippen LogP contribution in [-0.4, -0.2) is 19.6 Å². The Kier molecular flexibility index (Phi) is 5.69. The Bertz CT molecular complexity index is 1500. The molecule has 37 heavy (non-hydrogen) atoms. The number of aromatic nitrogens is 4. The van der Waals surface area contributed by atoms with E-state index in [4.69, 9.17) is 0 Å². The normalized spacial score (nSPS) is 11.5. The van der Waals surface area contributed by atoms with Gasteiger partial charge >= 0.3 is 5.92 Å². The van der Waals surface area contributed by atoms with Crippen LogP contribution in [-0.2, 0) is 5.92 Å². The lowest BCUT2D eigenvalue weighted by Crippen LogP contribution is -2.23. The Hall–Kier alpha value is -4.84. The number of hydrogen-bond acceptors (Lipinski definition) is 2. The Morgan fingerprint density at radius 2 is 0.784 bits per heavy atom. The van der Waals surface area contributed by atoms with E-state index in [1.54, 1.807) is 24.3 Å². The third kappa shape index (κ3) is 4.23. The van der Waals surface area contributed by atoms with Gasteiger partial charge in [-0.25, -0.2) is 9.36 Å². The van der Waals surface area contributed by atoms with Crippen molar-refractivity contribution in [2.24, 2.45) is 0 Å². The first kappa shape index (κ1) is 22.6. The molecule has 0 saturated heterocycles. The summed E-state index contributed by atoms with van der Waals surface area (Å²) in [4.78, 5) is 0. The van der Waals surface area contributed by atoms with Gasteiger partial charge in [0.1, 0.15) is 11.4 Å². The van der Waals surface area contributed by atoms with Crippen molar-refractivity contribution in [3.63, 3.8) is 0 Å². The maximum absolute atomic E-state index is 16.7. The fraction of sp³-hybridized carbons (Fsp3) is 0.0323. The third-order valence-electron chi connectivity index (χ3n) is 6.20. The number of halogens is 2.